The molecule has 3 N–H and O–H groups in total. The van der Waals surface area contributed by atoms with Gasteiger partial charge in [-0.2, -0.15) is 0 Å². The predicted octanol–water partition coefficient (Wildman–Crippen LogP) is 2.60. The van der Waals surface area contributed by atoms with Gasteiger partial charge in [0, 0.05) is 29.9 Å². The van der Waals surface area contributed by atoms with Crippen LogP contribution in [0.5, 0.6) is 5.75 Å². The monoisotopic (exact) mass is 241 g/mol. The second-order valence-electron chi connectivity index (χ2n) is 4.35. The first-order valence-electron chi connectivity index (χ1n) is 6.03. The summed E-state index contributed by atoms with van der Waals surface area (Å²) in [5, 5.41) is 3.41. The highest BCUT2D eigenvalue weighted by Gasteiger charge is 2.20. The quantitative estimate of drug-likeness (QED) is 0.848. The lowest BCUT2D eigenvalue weighted by molar-refractivity contribution is 0.274. The number of nitrogens with two attached hydrogens (primary N) is 1. The third-order valence-corrected chi connectivity index (χ3v) is 3.06. The minimum Gasteiger partial charge on any atom is -0.493 e. The van der Waals surface area contributed by atoms with Gasteiger partial charge in [0.1, 0.15) is 11.6 Å². The Balaban J connectivity index is 1.86. The standard InChI is InChI=1S/C14H15N3O/c15-10-5-7-16-14(9-10)17-12-6-8-18-13-4-2-1-3-11(12)13/h1-5,7,9,12H,6,8H2,(H3,15,16,17). The van der Waals surface area contributed by atoms with Crippen molar-refractivity contribution in [3.8, 4) is 5.75 Å². The molecule has 0 aliphatic carbocycles. The van der Waals surface area contributed by atoms with Gasteiger partial charge in [0.15, 0.2) is 0 Å². The maximum absolute atomic E-state index is 5.75. The number of rotatable bonds is 2. The SMILES string of the molecule is Nc1ccnc(NC2CCOc3ccccc32)c1. The number of anilines is 2. The van der Waals surface area contributed by atoms with Gasteiger partial charge in [-0.05, 0) is 12.1 Å². The molecule has 1 aromatic carbocycles. The summed E-state index contributed by atoms with van der Waals surface area (Å²) in [5.41, 5.74) is 7.64. The highest BCUT2D eigenvalue weighted by molar-refractivity contribution is 5.51. The van der Waals surface area contributed by atoms with Crippen LogP contribution in [0, 0.1) is 0 Å². The Labute approximate surface area is 106 Å². The highest BCUT2D eigenvalue weighted by atomic mass is 16.5. The van der Waals surface area contributed by atoms with E-state index in [1.54, 1.807) is 12.3 Å². The molecular weight excluding hydrogens is 226 g/mol. The molecule has 1 aliphatic heterocycles. The van der Waals surface area contributed by atoms with E-state index in [1.165, 1.54) is 5.56 Å². The van der Waals surface area contributed by atoms with E-state index in [-0.39, 0.29) is 6.04 Å². The number of aromatic nitrogens is 1. The van der Waals surface area contributed by atoms with E-state index in [1.807, 2.05) is 24.3 Å². The lowest BCUT2D eigenvalue weighted by atomic mass is 10.0. The summed E-state index contributed by atoms with van der Waals surface area (Å²) in [6.45, 7) is 0.719. The van der Waals surface area contributed by atoms with Crippen LogP contribution in [0.25, 0.3) is 0 Å². The number of ether oxygens (including phenoxy) is 1. The van der Waals surface area contributed by atoms with Crippen molar-refractivity contribution in [3.05, 3.63) is 48.2 Å². The summed E-state index contributed by atoms with van der Waals surface area (Å²) in [6, 6.07) is 11.9. The van der Waals surface area contributed by atoms with Gasteiger partial charge in [-0.15, -0.1) is 0 Å². The summed E-state index contributed by atoms with van der Waals surface area (Å²) in [6.07, 6.45) is 2.64. The van der Waals surface area contributed by atoms with Crippen LogP contribution >= 0.6 is 0 Å². The van der Waals surface area contributed by atoms with Crippen molar-refractivity contribution >= 4 is 11.5 Å². The number of fused-ring (bicyclic) bond motifs is 1. The lowest BCUT2D eigenvalue weighted by Gasteiger charge is -2.27. The van der Waals surface area contributed by atoms with Crippen LogP contribution in [-0.4, -0.2) is 11.6 Å². The lowest BCUT2D eigenvalue weighted by Crippen LogP contribution is -2.20. The fourth-order valence-electron chi connectivity index (χ4n) is 2.20. The van der Waals surface area contributed by atoms with Gasteiger partial charge in [0.05, 0.1) is 12.6 Å². The molecule has 2 heterocycles. The molecule has 0 saturated heterocycles. The van der Waals surface area contributed by atoms with Crippen LogP contribution in [0.2, 0.25) is 0 Å². The van der Waals surface area contributed by atoms with E-state index < -0.39 is 0 Å². The van der Waals surface area contributed by atoms with E-state index in [0.717, 1.165) is 24.6 Å². The van der Waals surface area contributed by atoms with Crippen LogP contribution in [0.3, 0.4) is 0 Å². The summed E-state index contributed by atoms with van der Waals surface area (Å²) in [4.78, 5) is 4.27. The molecule has 0 radical (unpaired) electrons. The Morgan fingerprint density at radius 2 is 2.17 bits per heavy atom. The van der Waals surface area contributed by atoms with E-state index in [0.29, 0.717) is 5.69 Å². The Morgan fingerprint density at radius 1 is 1.28 bits per heavy atom. The first-order chi connectivity index (χ1) is 8.83. The first kappa shape index (κ1) is 10.9. The topological polar surface area (TPSA) is 60.2 Å². The molecular formula is C14H15N3O. The summed E-state index contributed by atoms with van der Waals surface area (Å²) in [5.74, 6) is 1.75. The Morgan fingerprint density at radius 3 is 3.06 bits per heavy atom. The molecule has 4 nitrogen and oxygen atoms in total. The van der Waals surface area contributed by atoms with E-state index in [2.05, 4.69) is 16.4 Å². The van der Waals surface area contributed by atoms with Gasteiger partial charge < -0.3 is 15.8 Å². The molecule has 4 heteroatoms. The van der Waals surface area contributed by atoms with Crippen LogP contribution in [0.1, 0.15) is 18.0 Å². The van der Waals surface area contributed by atoms with Crippen molar-refractivity contribution in [1.29, 1.82) is 0 Å². The zero-order valence-electron chi connectivity index (χ0n) is 9.97. The molecule has 1 aliphatic rings. The fraction of sp³-hybridized carbons (Fsp3) is 0.214. The van der Waals surface area contributed by atoms with Crippen molar-refractivity contribution in [1.82, 2.24) is 4.98 Å². The summed E-state index contributed by atoms with van der Waals surface area (Å²) >= 11 is 0. The van der Waals surface area contributed by atoms with Crippen molar-refractivity contribution < 1.29 is 4.74 Å². The molecule has 1 unspecified atom stereocenters. The van der Waals surface area contributed by atoms with Gasteiger partial charge in [-0.3, -0.25) is 0 Å². The number of hydrogen-bond donors (Lipinski definition) is 2. The molecule has 1 aromatic heterocycles. The van der Waals surface area contributed by atoms with Crippen LogP contribution < -0.4 is 15.8 Å². The molecule has 0 fully saturated rings. The van der Waals surface area contributed by atoms with Crippen molar-refractivity contribution in [2.45, 2.75) is 12.5 Å². The van der Waals surface area contributed by atoms with Gasteiger partial charge in [0.25, 0.3) is 0 Å². The number of nitrogen functional groups attached to an aromatic ring is 1. The highest BCUT2D eigenvalue weighted by Crippen LogP contribution is 2.33. The van der Waals surface area contributed by atoms with Gasteiger partial charge in [-0.1, -0.05) is 18.2 Å². The summed E-state index contributed by atoms with van der Waals surface area (Å²) < 4.78 is 5.63. The number of nitrogens with one attached hydrogen (secondary N) is 1. The number of para-hydroxylation sites is 1. The van der Waals surface area contributed by atoms with Crippen molar-refractivity contribution in [2.75, 3.05) is 17.7 Å². The van der Waals surface area contributed by atoms with E-state index in [4.69, 9.17) is 10.5 Å². The maximum atomic E-state index is 5.75. The first-order valence-corrected chi connectivity index (χ1v) is 6.03. The minimum atomic E-state index is 0.226. The molecule has 0 spiro atoms. The molecule has 18 heavy (non-hydrogen) atoms. The minimum absolute atomic E-state index is 0.226. The van der Waals surface area contributed by atoms with E-state index >= 15 is 0 Å². The second kappa shape index (κ2) is 4.56. The van der Waals surface area contributed by atoms with Crippen molar-refractivity contribution in [2.24, 2.45) is 0 Å². The number of nitrogens with zero attached hydrogens (tertiary/aromatic N) is 1. The molecule has 0 saturated carbocycles. The molecule has 2 aromatic rings. The zero-order valence-corrected chi connectivity index (χ0v) is 9.97. The Hall–Kier alpha value is -2.23. The normalized spacial score (nSPS) is 17.7. The number of benzene rings is 1. The third kappa shape index (κ3) is 2.09. The van der Waals surface area contributed by atoms with E-state index in [9.17, 15) is 0 Å². The van der Waals surface area contributed by atoms with Crippen molar-refractivity contribution in [3.63, 3.8) is 0 Å². The molecule has 3 rings (SSSR count). The molecule has 92 valence electrons. The maximum Gasteiger partial charge on any atom is 0.128 e. The van der Waals surface area contributed by atoms with Gasteiger partial charge in [-0.25, -0.2) is 4.98 Å². The predicted molar refractivity (Wildman–Crippen MR) is 71.6 cm³/mol. The zero-order chi connectivity index (χ0) is 12.4. The molecule has 0 bridgehead atoms. The average molecular weight is 241 g/mol. The van der Waals surface area contributed by atoms with Crippen LogP contribution in [-0.2, 0) is 0 Å². The summed E-state index contributed by atoms with van der Waals surface area (Å²) in [7, 11) is 0. The number of pyridine rings is 1. The number of hydrogen-bond acceptors (Lipinski definition) is 4. The third-order valence-electron chi connectivity index (χ3n) is 3.06. The largest absolute Gasteiger partial charge is 0.493 e. The smallest absolute Gasteiger partial charge is 0.128 e. The molecule has 0 amide bonds. The Kier molecular flexibility index (Phi) is 2.76. The second-order valence-corrected chi connectivity index (χ2v) is 4.35. The Bertz CT molecular complexity index is 556. The van der Waals surface area contributed by atoms with Gasteiger partial charge in [0.2, 0.25) is 0 Å². The fourth-order valence-corrected chi connectivity index (χ4v) is 2.20. The average Bonchev–Trinajstić information content (AvgIpc) is 2.39. The van der Waals surface area contributed by atoms with Gasteiger partial charge >= 0.3 is 0 Å². The molecule has 1 atom stereocenters. The van der Waals surface area contributed by atoms with Crippen LogP contribution in [0.15, 0.2) is 42.6 Å². The van der Waals surface area contributed by atoms with Crippen LogP contribution in [0.4, 0.5) is 11.5 Å².